The summed E-state index contributed by atoms with van der Waals surface area (Å²) in [5.41, 5.74) is 11.8. The molecule has 0 bridgehead atoms. The zero-order chi connectivity index (χ0) is 45.2. The molecule has 0 aliphatic rings. The van der Waals surface area contributed by atoms with Crippen molar-refractivity contribution in [1.29, 1.82) is 0 Å². The SMILES string of the molecule is [2H]C([2H])([2H])c1ccc(-c2ccnc(-c3[c-]c(-c4cccc5c4nc(-c4cc(C)cc(C(C)(C)C)c4O)n5-c4ccc(C([2H])([2H])[2H])cc4-c4ccccc4)cc(C(C)(C)C)c3)c2)cc1.[Pt]. The van der Waals surface area contributed by atoms with Gasteiger partial charge in [-0.3, -0.25) is 9.55 Å². The maximum atomic E-state index is 12.2. The summed E-state index contributed by atoms with van der Waals surface area (Å²) in [6.45, 7) is 10.2. The van der Waals surface area contributed by atoms with E-state index in [-0.39, 0.29) is 48.8 Å². The molecular weight excluding hydrogens is 890 g/mol. The first-order valence-corrected chi connectivity index (χ1v) is 19.3. The molecule has 5 heteroatoms. The van der Waals surface area contributed by atoms with Crippen LogP contribution in [0, 0.1) is 26.7 Å². The molecule has 8 rings (SSSR count). The van der Waals surface area contributed by atoms with Gasteiger partial charge in [0.15, 0.2) is 0 Å². The summed E-state index contributed by atoms with van der Waals surface area (Å²) in [6.07, 6.45) is 1.76. The van der Waals surface area contributed by atoms with Crippen LogP contribution in [0.2, 0.25) is 0 Å². The number of phenolic OH excluding ortho intramolecular Hbond substituents is 1. The second kappa shape index (κ2) is 15.6. The van der Waals surface area contributed by atoms with E-state index in [9.17, 15) is 5.11 Å². The summed E-state index contributed by atoms with van der Waals surface area (Å²) >= 11 is 0. The summed E-state index contributed by atoms with van der Waals surface area (Å²) < 4.78 is 50.4. The fraction of sp³-hybridized carbons (Fsp3) is 0.208. The van der Waals surface area contributed by atoms with Crippen molar-refractivity contribution in [2.75, 3.05) is 0 Å². The van der Waals surface area contributed by atoms with Crippen molar-refractivity contribution in [3.63, 3.8) is 0 Å². The molecule has 0 amide bonds. The monoisotopic (exact) mass is 945 g/mol. The molecule has 0 fully saturated rings. The molecule has 0 unspecified atom stereocenters. The van der Waals surface area contributed by atoms with E-state index in [2.05, 4.69) is 59.7 Å². The van der Waals surface area contributed by atoms with Gasteiger partial charge >= 0.3 is 0 Å². The van der Waals surface area contributed by atoms with Crippen molar-refractivity contribution in [2.24, 2.45) is 0 Å². The van der Waals surface area contributed by atoms with E-state index in [0.29, 0.717) is 33.8 Å². The number of imidazole rings is 1. The topological polar surface area (TPSA) is 50.9 Å². The Labute approximate surface area is 366 Å². The molecule has 58 heavy (non-hydrogen) atoms. The molecule has 4 nitrogen and oxygen atoms in total. The van der Waals surface area contributed by atoms with Gasteiger partial charge in [0.25, 0.3) is 0 Å². The Kier molecular flexibility index (Phi) is 9.01. The first kappa shape index (κ1) is 33.4. The van der Waals surface area contributed by atoms with Gasteiger partial charge in [-0.1, -0.05) is 149 Å². The molecule has 0 saturated carbocycles. The van der Waals surface area contributed by atoms with Crippen molar-refractivity contribution < 1.29 is 34.4 Å². The smallest absolute Gasteiger partial charge is 0.148 e. The molecule has 0 saturated heterocycles. The van der Waals surface area contributed by atoms with Crippen molar-refractivity contribution in [2.45, 2.75) is 73.0 Å². The maximum Gasteiger partial charge on any atom is 0.148 e. The van der Waals surface area contributed by atoms with E-state index in [1.807, 2.05) is 102 Å². The minimum Gasteiger partial charge on any atom is -0.507 e. The molecule has 294 valence electrons. The normalized spacial score (nSPS) is 13.8. The summed E-state index contributed by atoms with van der Waals surface area (Å²) in [6, 6.07) is 43.8. The fourth-order valence-electron chi connectivity index (χ4n) is 7.55. The number of para-hydroxylation sites is 1. The van der Waals surface area contributed by atoms with E-state index in [0.717, 1.165) is 55.6 Å². The van der Waals surface area contributed by atoms with E-state index in [4.69, 9.17) is 18.2 Å². The molecule has 0 atom stereocenters. The van der Waals surface area contributed by atoms with Crippen LogP contribution in [0.4, 0.5) is 0 Å². The largest absolute Gasteiger partial charge is 0.507 e. The number of aromatic hydroxyl groups is 1. The standard InChI is InChI=1S/C53H50N3O.Pt/c1-33-18-21-36(22-19-33)38-24-25-54-46(32-38)40-29-39(30-41(31-40)52(4,5)6)42-16-13-17-48-49(42)55-51(44-27-35(3)28-45(50(44)57)53(7,8)9)56(48)47-23-20-34(2)26-43(47)37-14-11-10-12-15-37;/h10-28,30-32,57H,1-9H3;/q-1;/i1D3,2D3;. The van der Waals surface area contributed by atoms with Crippen LogP contribution in [-0.4, -0.2) is 19.6 Å². The summed E-state index contributed by atoms with van der Waals surface area (Å²) in [5.74, 6) is 0.642. The van der Waals surface area contributed by atoms with Gasteiger partial charge in [-0.2, -0.15) is 0 Å². The third-order valence-electron chi connectivity index (χ3n) is 10.6. The third-order valence-corrected chi connectivity index (χ3v) is 10.6. The molecule has 1 N–H and O–H groups in total. The zero-order valence-corrected chi connectivity index (χ0v) is 36.1. The Balaban J connectivity index is 0.00000612. The van der Waals surface area contributed by atoms with Crippen LogP contribution in [0.3, 0.4) is 0 Å². The number of nitrogens with zero attached hydrogens (tertiary/aromatic N) is 3. The summed E-state index contributed by atoms with van der Waals surface area (Å²) in [5, 5.41) is 12.2. The van der Waals surface area contributed by atoms with Crippen LogP contribution < -0.4 is 0 Å². The van der Waals surface area contributed by atoms with Crippen LogP contribution in [0.5, 0.6) is 5.75 Å². The predicted molar refractivity (Wildman–Crippen MR) is 238 cm³/mol. The van der Waals surface area contributed by atoms with Crippen molar-refractivity contribution in [3.8, 4) is 67.5 Å². The number of aromatic nitrogens is 3. The Morgan fingerprint density at radius 3 is 2.03 bits per heavy atom. The summed E-state index contributed by atoms with van der Waals surface area (Å²) in [7, 11) is 0. The number of phenols is 1. The first-order chi connectivity index (χ1) is 29.6. The van der Waals surface area contributed by atoms with E-state index in [1.165, 1.54) is 0 Å². The van der Waals surface area contributed by atoms with Crippen molar-refractivity contribution in [1.82, 2.24) is 14.5 Å². The Morgan fingerprint density at radius 2 is 1.33 bits per heavy atom. The van der Waals surface area contributed by atoms with Gasteiger partial charge in [-0.25, -0.2) is 4.98 Å². The summed E-state index contributed by atoms with van der Waals surface area (Å²) in [4.78, 5) is 10.3. The molecule has 2 aromatic heterocycles. The second-order valence-corrected chi connectivity index (χ2v) is 17.0. The molecular formula is C53H50N3OPt-. The van der Waals surface area contributed by atoms with E-state index >= 15 is 0 Å². The quantitative estimate of drug-likeness (QED) is 0.169. The van der Waals surface area contributed by atoms with E-state index in [1.54, 1.807) is 30.5 Å². The number of aryl methyl sites for hydroxylation is 3. The van der Waals surface area contributed by atoms with Gasteiger partial charge in [-0.15, -0.1) is 29.3 Å². The number of fused-ring (bicyclic) bond motifs is 1. The molecule has 0 spiro atoms. The molecule has 0 radical (unpaired) electrons. The molecule has 6 aromatic carbocycles. The van der Waals surface area contributed by atoms with Gasteiger partial charge in [0, 0.05) is 52.3 Å². The number of benzene rings is 6. The fourth-order valence-corrected chi connectivity index (χ4v) is 7.55. The molecule has 0 aliphatic carbocycles. The predicted octanol–water partition coefficient (Wildman–Crippen LogP) is 13.8. The average molecular weight is 946 g/mol. The first-order valence-electron chi connectivity index (χ1n) is 22.3. The van der Waals surface area contributed by atoms with E-state index < -0.39 is 13.7 Å². The minimum atomic E-state index is -2.34. The van der Waals surface area contributed by atoms with Crippen LogP contribution >= 0.6 is 0 Å². The maximum absolute atomic E-state index is 12.2. The minimum absolute atomic E-state index is 0. The average Bonchev–Trinajstić information content (AvgIpc) is 3.62. The number of pyridine rings is 1. The zero-order valence-electron chi connectivity index (χ0n) is 39.8. The van der Waals surface area contributed by atoms with Gasteiger partial charge < -0.3 is 5.11 Å². The molecule has 0 aliphatic heterocycles. The number of hydrogen-bond donors (Lipinski definition) is 1. The van der Waals surface area contributed by atoms with Crippen LogP contribution in [-0.2, 0) is 31.9 Å². The van der Waals surface area contributed by atoms with Gasteiger partial charge in [0.05, 0.1) is 22.3 Å². The molecule has 8 aromatic rings. The molecule has 2 heterocycles. The van der Waals surface area contributed by atoms with Gasteiger partial charge in [0.2, 0.25) is 0 Å². The number of hydrogen-bond acceptors (Lipinski definition) is 3. The van der Waals surface area contributed by atoms with Gasteiger partial charge in [-0.05, 0) is 84.0 Å². The number of rotatable bonds is 6. The van der Waals surface area contributed by atoms with Gasteiger partial charge in [0.1, 0.15) is 11.6 Å². The van der Waals surface area contributed by atoms with Crippen LogP contribution in [0.15, 0.2) is 134 Å². The van der Waals surface area contributed by atoms with Crippen LogP contribution in [0.1, 0.15) is 77.6 Å². The Hall–Kier alpha value is -5.57. The van der Waals surface area contributed by atoms with Crippen molar-refractivity contribution in [3.05, 3.63) is 167 Å². The van der Waals surface area contributed by atoms with Crippen molar-refractivity contribution >= 4 is 11.0 Å². The Bertz CT molecular complexity index is 3010. The van der Waals surface area contributed by atoms with Crippen LogP contribution in [0.25, 0.3) is 72.7 Å². The third kappa shape index (κ3) is 7.83. The second-order valence-electron chi connectivity index (χ2n) is 17.0. The Morgan fingerprint density at radius 1 is 0.621 bits per heavy atom.